The summed E-state index contributed by atoms with van der Waals surface area (Å²) in [7, 11) is 0. The first kappa shape index (κ1) is 11.3. The van der Waals surface area contributed by atoms with Crippen molar-refractivity contribution in [2.75, 3.05) is 19.5 Å². The molecule has 0 bridgehead atoms. The van der Waals surface area contributed by atoms with Gasteiger partial charge in [-0.15, -0.1) is 13.2 Å². The van der Waals surface area contributed by atoms with E-state index >= 15 is 0 Å². The molecule has 0 radical (unpaired) electrons. The summed E-state index contributed by atoms with van der Waals surface area (Å²) in [4.78, 5) is 0. The van der Waals surface area contributed by atoms with Crippen molar-refractivity contribution in [2.45, 2.75) is 33.6 Å². The summed E-state index contributed by atoms with van der Waals surface area (Å²) in [5, 5.41) is 0. The second-order valence-corrected chi connectivity index (χ2v) is 9.64. The second kappa shape index (κ2) is 3.81. The molecule has 0 N–H and O–H groups in total. The summed E-state index contributed by atoms with van der Waals surface area (Å²) >= 11 is 0. The first-order valence-corrected chi connectivity index (χ1v) is 7.43. The summed E-state index contributed by atoms with van der Waals surface area (Å²) in [6.07, 6.45) is 8.25. The standard InChI is InChI=1S/C10H23P/c1-10(2,3)8-7-9-11(4,5)6/h4,7-9H2,1-3,5-6H3. The van der Waals surface area contributed by atoms with Gasteiger partial charge in [-0.2, -0.15) is 0 Å². The van der Waals surface area contributed by atoms with Crippen LogP contribution in [0.3, 0.4) is 0 Å². The van der Waals surface area contributed by atoms with Gasteiger partial charge < -0.3 is 0 Å². The van der Waals surface area contributed by atoms with Crippen molar-refractivity contribution >= 4 is 13.2 Å². The molecule has 0 saturated heterocycles. The first-order chi connectivity index (χ1) is 4.71. The first-order valence-electron chi connectivity index (χ1n) is 4.38. The Labute approximate surface area is 72.4 Å². The van der Waals surface area contributed by atoms with Gasteiger partial charge in [-0.3, -0.25) is 0 Å². The van der Waals surface area contributed by atoms with E-state index in [0.717, 1.165) is 0 Å². The molecule has 0 heterocycles. The lowest BCUT2D eigenvalue weighted by atomic mass is 9.91. The summed E-state index contributed by atoms with van der Waals surface area (Å²) < 4.78 is 0. The van der Waals surface area contributed by atoms with E-state index in [2.05, 4.69) is 40.4 Å². The van der Waals surface area contributed by atoms with Crippen LogP contribution in [0.4, 0.5) is 0 Å². The maximum Gasteiger partial charge on any atom is -0.0337 e. The van der Waals surface area contributed by atoms with Crippen molar-refractivity contribution in [1.82, 2.24) is 0 Å². The highest BCUT2D eigenvalue weighted by Crippen LogP contribution is 2.37. The van der Waals surface area contributed by atoms with Gasteiger partial charge >= 0.3 is 0 Å². The highest BCUT2D eigenvalue weighted by atomic mass is 31.2. The van der Waals surface area contributed by atoms with Gasteiger partial charge in [0.2, 0.25) is 0 Å². The van der Waals surface area contributed by atoms with Crippen LogP contribution < -0.4 is 0 Å². The number of hydrogen-bond acceptors (Lipinski definition) is 0. The zero-order chi connectivity index (χ0) is 9.12. The minimum Gasteiger partial charge on any atom is -0.118 e. The molecule has 0 nitrogen and oxygen atoms in total. The molecule has 68 valence electrons. The minimum absolute atomic E-state index is 0.509. The topological polar surface area (TPSA) is 0 Å². The lowest BCUT2D eigenvalue weighted by molar-refractivity contribution is 0.374. The Morgan fingerprint density at radius 3 is 1.91 bits per heavy atom. The van der Waals surface area contributed by atoms with Gasteiger partial charge in [-0.25, -0.2) is 0 Å². The highest BCUT2D eigenvalue weighted by Gasteiger charge is 2.10. The third kappa shape index (κ3) is 10.3. The molecule has 0 aliphatic carbocycles. The third-order valence-electron chi connectivity index (χ3n) is 1.69. The fraction of sp³-hybridized carbons (Fsp3) is 0.900. The fourth-order valence-corrected chi connectivity index (χ4v) is 2.05. The predicted octanol–water partition coefficient (Wildman–Crippen LogP) is 3.52. The molecule has 0 aromatic carbocycles. The van der Waals surface area contributed by atoms with Crippen molar-refractivity contribution in [3.63, 3.8) is 0 Å². The fourth-order valence-electron chi connectivity index (χ4n) is 1.04. The summed E-state index contributed by atoms with van der Waals surface area (Å²) in [5.74, 6) is 0. The maximum absolute atomic E-state index is 4.20. The van der Waals surface area contributed by atoms with Crippen LogP contribution in [-0.2, 0) is 0 Å². The molecule has 0 rings (SSSR count). The van der Waals surface area contributed by atoms with Crippen molar-refractivity contribution in [2.24, 2.45) is 5.41 Å². The van der Waals surface area contributed by atoms with E-state index in [-0.39, 0.29) is 0 Å². The largest absolute Gasteiger partial charge is 0.118 e. The van der Waals surface area contributed by atoms with E-state index < -0.39 is 6.89 Å². The molecule has 0 unspecified atom stereocenters. The Hall–Kier alpha value is 0.300. The molecule has 0 atom stereocenters. The molecule has 0 aliphatic heterocycles. The van der Waals surface area contributed by atoms with Gasteiger partial charge in [0.1, 0.15) is 0 Å². The second-order valence-electron chi connectivity index (χ2n) is 5.32. The predicted molar refractivity (Wildman–Crippen MR) is 59.4 cm³/mol. The van der Waals surface area contributed by atoms with Crippen molar-refractivity contribution in [3.05, 3.63) is 0 Å². The minimum atomic E-state index is -0.752. The van der Waals surface area contributed by atoms with Crippen LogP contribution in [0.25, 0.3) is 0 Å². The monoisotopic (exact) mass is 174 g/mol. The summed E-state index contributed by atoms with van der Waals surface area (Å²) in [6.45, 7) is 10.8. The van der Waals surface area contributed by atoms with E-state index in [9.17, 15) is 0 Å². The van der Waals surface area contributed by atoms with E-state index in [1.165, 1.54) is 19.0 Å². The smallest absolute Gasteiger partial charge is 0.0337 e. The summed E-state index contributed by atoms with van der Waals surface area (Å²) in [5.41, 5.74) is 0.509. The molecule has 0 saturated carbocycles. The number of rotatable bonds is 3. The molecular formula is C10H23P. The Bertz CT molecular complexity index is 145. The lowest BCUT2D eigenvalue weighted by Crippen LogP contribution is -2.05. The van der Waals surface area contributed by atoms with Crippen LogP contribution in [0.2, 0.25) is 0 Å². The zero-order valence-corrected chi connectivity index (χ0v) is 9.67. The van der Waals surface area contributed by atoms with E-state index in [1.54, 1.807) is 0 Å². The van der Waals surface area contributed by atoms with Gasteiger partial charge in [-0.05, 0) is 37.7 Å². The third-order valence-corrected chi connectivity index (χ3v) is 3.22. The molecule has 1 heteroatoms. The van der Waals surface area contributed by atoms with E-state index in [0.29, 0.717) is 5.41 Å². The van der Waals surface area contributed by atoms with Crippen LogP contribution in [0.1, 0.15) is 33.6 Å². The van der Waals surface area contributed by atoms with E-state index in [4.69, 9.17) is 0 Å². The highest BCUT2D eigenvalue weighted by molar-refractivity contribution is 7.72. The summed E-state index contributed by atoms with van der Waals surface area (Å²) in [6, 6.07) is 0. The quantitative estimate of drug-likeness (QED) is 0.574. The van der Waals surface area contributed by atoms with Crippen LogP contribution >= 0.6 is 6.89 Å². The zero-order valence-electron chi connectivity index (χ0n) is 8.78. The van der Waals surface area contributed by atoms with Gasteiger partial charge in [0.25, 0.3) is 0 Å². The Morgan fingerprint density at radius 1 is 1.18 bits per heavy atom. The van der Waals surface area contributed by atoms with Crippen LogP contribution in [0.5, 0.6) is 0 Å². The molecule has 0 aromatic heterocycles. The van der Waals surface area contributed by atoms with Gasteiger partial charge in [0.05, 0.1) is 0 Å². The Balaban J connectivity index is 3.52. The molecule has 0 fully saturated rings. The SMILES string of the molecule is C=P(C)(C)CCCC(C)(C)C. The molecule has 0 spiro atoms. The van der Waals surface area contributed by atoms with Crippen molar-refractivity contribution < 1.29 is 0 Å². The Kier molecular flexibility index (Phi) is 3.91. The maximum atomic E-state index is 4.20. The van der Waals surface area contributed by atoms with E-state index in [1.807, 2.05) is 0 Å². The van der Waals surface area contributed by atoms with Crippen LogP contribution in [0, 0.1) is 5.41 Å². The lowest BCUT2D eigenvalue weighted by Gasteiger charge is -2.20. The average Bonchev–Trinajstić information content (AvgIpc) is 1.55. The molecule has 0 aromatic rings. The molecular weight excluding hydrogens is 151 g/mol. The molecule has 0 aliphatic rings. The van der Waals surface area contributed by atoms with Gasteiger partial charge in [0.15, 0.2) is 0 Å². The van der Waals surface area contributed by atoms with Gasteiger partial charge in [-0.1, -0.05) is 20.8 Å². The average molecular weight is 174 g/mol. The van der Waals surface area contributed by atoms with Crippen LogP contribution in [0.15, 0.2) is 0 Å². The van der Waals surface area contributed by atoms with Crippen molar-refractivity contribution in [3.8, 4) is 0 Å². The Morgan fingerprint density at radius 2 is 1.64 bits per heavy atom. The number of hydrogen-bond donors (Lipinski definition) is 0. The van der Waals surface area contributed by atoms with Crippen LogP contribution in [-0.4, -0.2) is 25.8 Å². The van der Waals surface area contributed by atoms with Gasteiger partial charge in [0, 0.05) is 0 Å². The normalized spacial score (nSPS) is 13.5. The van der Waals surface area contributed by atoms with Crippen molar-refractivity contribution in [1.29, 1.82) is 0 Å². The molecule has 0 amide bonds. The molecule has 11 heavy (non-hydrogen) atoms.